The van der Waals surface area contributed by atoms with Crippen molar-refractivity contribution in [2.75, 3.05) is 51.8 Å². The number of aliphatic hydroxyl groups is 1. The highest BCUT2D eigenvalue weighted by molar-refractivity contribution is 5.80. The number of ether oxygens (including phenoxy) is 3. The molecule has 6 rings (SSSR count). The Bertz CT molecular complexity index is 1640. The molecule has 0 saturated carbocycles. The summed E-state index contributed by atoms with van der Waals surface area (Å²) in [6.45, 7) is 4.12. The molecule has 3 aromatic rings. The number of piperidine rings is 2. The van der Waals surface area contributed by atoms with Crippen LogP contribution in [0.15, 0.2) is 48.7 Å². The minimum absolute atomic E-state index is 0.00512. The van der Waals surface area contributed by atoms with Gasteiger partial charge in [0, 0.05) is 36.5 Å². The number of hydrogen-bond acceptors (Lipinski definition) is 10. The van der Waals surface area contributed by atoms with Crippen LogP contribution in [0.3, 0.4) is 0 Å². The van der Waals surface area contributed by atoms with Gasteiger partial charge in [-0.3, -0.25) is 9.69 Å². The van der Waals surface area contributed by atoms with Crippen LogP contribution in [0.5, 0.6) is 11.5 Å². The van der Waals surface area contributed by atoms with E-state index < -0.39 is 30.6 Å². The van der Waals surface area contributed by atoms with Gasteiger partial charge in [-0.05, 0) is 74.7 Å². The quantitative estimate of drug-likeness (QED) is 0.345. The molecule has 13 heteroatoms. The molecule has 0 spiro atoms. The number of halogens is 2. The number of carbonyl (C=O) groups excluding carboxylic acids is 1. The van der Waals surface area contributed by atoms with Crippen LogP contribution in [0.25, 0.3) is 11.3 Å². The third-order valence-electron chi connectivity index (χ3n) is 9.12. The molecular weight excluding hydrogens is 610 g/mol. The summed E-state index contributed by atoms with van der Waals surface area (Å²) in [5.41, 5.74) is 3.11. The van der Waals surface area contributed by atoms with Crippen molar-refractivity contribution in [3.63, 3.8) is 0 Å². The second-order valence-corrected chi connectivity index (χ2v) is 12.3. The molecule has 4 heterocycles. The van der Waals surface area contributed by atoms with Crippen molar-refractivity contribution in [2.24, 2.45) is 0 Å². The fourth-order valence-electron chi connectivity index (χ4n) is 6.39. The number of alkyl halides is 2. The molecule has 2 N–H and O–H groups in total. The Labute approximate surface area is 272 Å². The van der Waals surface area contributed by atoms with Gasteiger partial charge in [-0.15, -0.1) is 0 Å². The van der Waals surface area contributed by atoms with Crippen molar-refractivity contribution in [3.8, 4) is 28.8 Å². The molecule has 2 atom stereocenters. The predicted octanol–water partition coefficient (Wildman–Crippen LogP) is 4.34. The zero-order valence-electron chi connectivity index (χ0n) is 26.4. The van der Waals surface area contributed by atoms with E-state index in [9.17, 15) is 23.9 Å². The maximum atomic E-state index is 14.9. The Kier molecular flexibility index (Phi) is 9.54. The van der Waals surface area contributed by atoms with E-state index in [2.05, 4.69) is 26.3 Å². The lowest BCUT2D eigenvalue weighted by atomic mass is 9.88. The van der Waals surface area contributed by atoms with Crippen molar-refractivity contribution < 1.29 is 32.9 Å². The third kappa shape index (κ3) is 7.15. The molecule has 0 bridgehead atoms. The van der Waals surface area contributed by atoms with Gasteiger partial charge in [0.05, 0.1) is 44.2 Å². The Morgan fingerprint density at radius 3 is 2.57 bits per heavy atom. The fourth-order valence-corrected chi connectivity index (χ4v) is 6.39. The summed E-state index contributed by atoms with van der Waals surface area (Å²) < 4.78 is 46.6. The summed E-state index contributed by atoms with van der Waals surface area (Å²) in [5.74, 6) is -2.56. The lowest BCUT2D eigenvalue weighted by Gasteiger charge is -2.41. The topological polar surface area (TPSA) is 133 Å². The zero-order valence-corrected chi connectivity index (χ0v) is 26.4. The highest BCUT2D eigenvalue weighted by Gasteiger charge is 2.48. The first-order valence-electron chi connectivity index (χ1n) is 15.8. The lowest BCUT2D eigenvalue weighted by Crippen LogP contribution is -2.56. The minimum atomic E-state index is -3.37. The van der Waals surface area contributed by atoms with Gasteiger partial charge in [0.2, 0.25) is 5.95 Å². The summed E-state index contributed by atoms with van der Waals surface area (Å²) in [7, 11) is 1.67. The number of methoxy groups -OCH3 is 1. The molecule has 3 saturated heterocycles. The number of aromatic nitrogens is 2. The largest absolute Gasteiger partial charge is 0.496 e. The van der Waals surface area contributed by atoms with Crippen LogP contribution in [0.1, 0.15) is 43.2 Å². The van der Waals surface area contributed by atoms with Crippen LogP contribution in [0.2, 0.25) is 0 Å². The van der Waals surface area contributed by atoms with Crippen LogP contribution in [0, 0.1) is 11.3 Å². The average Bonchev–Trinajstić information content (AvgIpc) is 3.05. The van der Waals surface area contributed by atoms with Crippen molar-refractivity contribution >= 4 is 17.5 Å². The van der Waals surface area contributed by atoms with E-state index in [1.807, 2.05) is 18.2 Å². The number of aliphatic hydroxyl groups excluding tert-OH is 1. The molecule has 3 aliphatic rings. The second kappa shape index (κ2) is 13.8. The van der Waals surface area contributed by atoms with Crippen LogP contribution in [-0.4, -0.2) is 101 Å². The van der Waals surface area contributed by atoms with Gasteiger partial charge in [-0.2, -0.15) is 5.26 Å². The molecule has 248 valence electrons. The van der Waals surface area contributed by atoms with E-state index in [1.165, 1.54) is 24.6 Å². The highest BCUT2D eigenvalue weighted by Crippen LogP contribution is 2.38. The first-order valence-corrected chi connectivity index (χ1v) is 15.8. The van der Waals surface area contributed by atoms with Gasteiger partial charge in [0.15, 0.2) is 6.10 Å². The van der Waals surface area contributed by atoms with Crippen LogP contribution < -0.4 is 14.8 Å². The molecule has 3 fully saturated rings. The van der Waals surface area contributed by atoms with E-state index in [4.69, 9.17) is 14.2 Å². The van der Waals surface area contributed by atoms with E-state index in [1.54, 1.807) is 25.4 Å². The molecule has 1 amide bonds. The molecule has 47 heavy (non-hydrogen) atoms. The normalized spacial score (nSPS) is 20.9. The molecule has 0 radical (unpaired) electrons. The number of anilines is 2. The van der Waals surface area contributed by atoms with Gasteiger partial charge in [0.1, 0.15) is 23.7 Å². The molecule has 1 aromatic heterocycles. The molecule has 2 aromatic carbocycles. The first-order chi connectivity index (χ1) is 22.6. The maximum Gasteiger partial charge on any atom is 0.301 e. The van der Waals surface area contributed by atoms with Crippen LogP contribution in [-0.2, 0) is 9.53 Å². The van der Waals surface area contributed by atoms with Crippen molar-refractivity contribution in [2.45, 2.75) is 56.3 Å². The minimum Gasteiger partial charge on any atom is -0.496 e. The van der Waals surface area contributed by atoms with Crippen LogP contribution in [0.4, 0.5) is 20.4 Å². The van der Waals surface area contributed by atoms with Crippen molar-refractivity contribution in [1.29, 1.82) is 5.26 Å². The first kappa shape index (κ1) is 32.6. The third-order valence-corrected chi connectivity index (χ3v) is 9.12. The molecular formula is C34H38F2N6O5. The maximum absolute atomic E-state index is 14.9. The number of nitrogens with one attached hydrogen (secondary N) is 1. The van der Waals surface area contributed by atoms with Gasteiger partial charge in [-0.25, -0.2) is 18.7 Å². The number of nitrogens with zero attached hydrogens (tertiary/aromatic N) is 5. The van der Waals surface area contributed by atoms with Crippen molar-refractivity contribution in [1.82, 2.24) is 19.8 Å². The van der Waals surface area contributed by atoms with E-state index in [0.29, 0.717) is 29.2 Å². The fraction of sp³-hybridized carbons (Fsp3) is 0.471. The Hall–Kier alpha value is -4.38. The van der Waals surface area contributed by atoms with E-state index in [0.717, 1.165) is 55.5 Å². The number of hydrogen-bond donors (Lipinski definition) is 2. The number of benzene rings is 2. The lowest BCUT2D eigenvalue weighted by molar-refractivity contribution is -0.165. The summed E-state index contributed by atoms with van der Waals surface area (Å²) in [4.78, 5) is 24.4. The SMILES string of the molecule is COc1cc(Nc2nccc(-c3ccc(OC4CCN(C(=O)C(C)O)CC4(F)F)c(C#N)c3)n2)ccc1C1CCN(C2COC2)CC1. The number of likely N-dealkylation sites (tertiary alicyclic amines) is 2. The van der Waals surface area contributed by atoms with Crippen LogP contribution >= 0.6 is 0 Å². The smallest absolute Gasteiger partial charge is 0.301 e. The molecule has 0 aliphatic carbocycles. The summed E-state index contributed by atoms with van der Waals surface area (Å²) >= 11 is 0. The Morgan fingerprint density at radius 2 is 1.91 bits per heavy atom. The Balaban J connectivity index is 1.12. The summed E-state index contributed by atoms with van der Waals surface area (Å²) in [6.07, 6.45) is 0.662. The van der Waals surface area contributed by atoms with Gasteiger partial charge in [0.25, 0.3) is 5.91 Å². The van der Waals surface area contributed by atoms with Gasteiger partial charge >= 0.3 is 5.92 Å². The number of carbonyl (C=O) groups is 1. The summed E-state index contributed by atoms with van der Waals surface area (Å²) in [5, 5.41) is 22.6. The zero-order chi connectivity index (χ0) is 33.1. The van der Waals surface area contributed by atoms with E-state index in [-0.39, 0.29) is 24.3 Å². The molecule has 2 unspecified atom stereocenters. The molecule has 3 aliphatic heterocycles. The number of rotatable bonds is 9. The monoisotopic (exact) mass is 648 g/mol. The van der Waals surface area contributed by atoms with E-state index >= 15 is 0 Å². The average molecular weight is 649 g/mol. The Morgan fingerprint density at radius 1 is 1.13 bits per heavy atom. The van der Waals surface area contributed by atoms with Crippen molar-refractivity contribution in [3.05, 3.63) is 59.8 Å². The number of amides is 1. The predicted molar refractivity (Wildman–Crippen MR) is 169 cm³/mol. The number of nitriles is 1. The van der Waals surface area contributed by atoms with Gasteiger partial charge in [-0.1, -0.05) is 6.07 Å². The second-order valence-electron chi connectivity index (χ2n) is 12.3. The standard InChI is InChI=1S/C34H38F2N6O5/c1-21(43)32(44)42-14-10-31(34(35,36)20-42)47-29-6-3-23(15-24(29)17-37)28-7-11-38-33(40-28)39-25-4-5-27(30(16-25)45-2)22-8-12-41(13-9-22)26-18-46-19-26/h3-7,11,15-16,21-22,26,31,43H,8-10,12-14,18-20H2,1-2H3,(H,38,39,40). The molecule has 11 nitrogen and oxygen atoms in total. The summed E-state index contributed by atoms with van der Waals surface area (Å²) in [6, 6.07) is 14.9. The highest BCUT2D eigenvalue weighted by atomic mass is 19.3. The van der Waals surface area contributed by atoms with Gasteiger partial charge < -0.3 is 29.5 Å².